The topological polar surface area (TPSA) is 70.6 Å². The zero-order valence-corrected chi connectivity index (χ0v) is 11.9. The lowest BCUT2D eigenvalue weighted by molar-refractivity contribution is 0.137. The Kier molecular flexibility index (Phi) is 4.98. The fourth-order valence-electron chi connectivity index (χ4n) is 2.58. The second-order valence-corrected chi connectivity index (χ2v) is 5.13. The van der Waals surface area contributed by atoms with E-state index in [1.54, 1.807) is 7.11 Å². The SMILES string of the molecule is CCC(COC)NC(=O)N[C@@H]1c2ccccc2C[C@@H]1O. The summed E-state index contributed by atoms with van der Waals surface area (Å²) in [5.74, 6) is 0. The van der Waals surface area contributed by atoms with E-state index in [-0.39, 0.29) is 18.1 Å². The lowest BCUT2D eigenvalue weighted by Crippen LogP contribution is -2.46. The fraction of sp³-hybridized carbons (Fsp3) is 0.533. The first kappa shape index (κ1) is 14.8. The first-order valence-corrected chi connectivity index (χ1v) is 6.97. The molecule has 1 aromatic carbocycles. The van der Waals surface area contributed by atoms with Crippen molar-refractivity contribution in [2.75, 3.05) is 13.7 Å². The predicted octanol–water partition coefficient (Wildman–Crippen LogP) is 1.37. The van der Waals surface area contributed by atoms with Gasteiger partial charge in [0.1, 0.15) is 0 Å². The highest BCUT2D eigenvalue weighted by atomic mass is 16.5. The quantitative estimate of drug-likeness (QED) is 0.762. The van der Waals surface area contributed by atoms with E-state index in [4.69, 9.17) is 4.74 Å². The molecule has 0 radical (unpaired) electrons. The lowest BCUT2D eigenvalue weighted by atomic mass is 10.1. The number of urea groups is 1. The van der Waals surface area contributed by atoms with E-state index in [1.165, 1.54) is 0 Å². The molecular weight excluding hydrogens is 256 g/mol. The van der Waals surface area contributed by atoms with Crippen LogP contribution < -0.4 is 10.6 Å². The van der Waals surface area contributed by atoms with E-state index >= 15 is 0 Å². The second kappa shape index (κ2) is 6.72. The van der Waals surface area contributed by atoms with Gasteiger partial charge in [-0.1, -0.05) is 31.2 Å². The van der Waals surface area contributed by atoms with Crippen molar-refractivity contribution in [3.8, 4) is 0 Å². The minimum Gasteiger partial charge on any atom is -0.390 e. The van der Waals surface area contributed by atoms with Gasteiger partial charge in [-0.3, -0.25) is 0 Å². The summed E-state index contributed by atoms with van der Waals surface area (Å²) in [5, 5.41) is 15.8. The van der Waals surface area contributed by atoms with Gasteiger partial charge in [0.25, 0.3) is 0 Å². The summed E-state index contributed by atoms with van der Waals surface area (Å²) in [7, 11) is 1.61. The molecular formula is C15H22N2O3. The number of hydrogen-bond acceptors (Lipinski definition) is 3. The molecule has 3 atom stereocenters. The van der Waals surface area contributed by atoms with Gasteiger partial charge in [-0.25, -0.2) is 4.79 Å². The van der Waals surface area contributed by atoms with E-state index in [0.29, 0.717) is 13.0 Å². The van der Waals surface area contributed by atoms with Crippen LogP contribution in [0.2, 0.25) is 0 Å². The maximum atomic E-state index is 12.0. The molecule has 1 unspecified atom stereocenters. The van der Waals surface area contributed by atoms with Gasteiger partial charge in [-0.15, -0.1) is 0 Å². The molecule has 0 saturated carbocycles. The van der Waals surface area contributed by atoms with Crippen molar-refractivity contribution in [3.63, 3.8) is 0 Å². The third-order valence-corrected chi connectivity index (χ3v) is 3.69. The third kappa shape index (κ3) is 3.29. The molecule has 0 aromatic heterocycles. The number of fused-ring (bicyclic) bond motifs is 1. The summed E-state index contributed by atoms with van der Waals surface area (Å²) >= 11 is 0. The van der Waals surface area contributed by atoms with E-state index in [9.17, 15) is 9.90 Å². The Balaban J connectivity index is 1.98. The largest absolute Gasteiger partial charge is 0.390 e. The first-order valence-electron chi connectivity index (χ1n) is 6.97. The predicted molar refractivity (Wildman–Crippen MR) is 76.5 cm³/mol. The average molecular weight is 278 g/mol. The molecule has 20 heavy (non-hydrogen) atoms. The fourth-order valence-corrected chi connectivity index (χ4v) is 2.58. The van der Waals surface area contributed by atoms with Gasteiger partial charge in [-0.05, 0) is 17.5 Å². The van der Waals surface area contributed by atoms with Crippen LogP contribution in [0.25, 0.3) is 0 Å². The number of carbonyl (C=O) groups is 1. The van der Waals surface area contributed by atoms with Crippen LogP contribution in [0.15, 0.2) is 24.3 Å². The van der Waals surface area contributed by atoms with Crippen LogP contribution in [0.3, 0.4) is 0 Å². The molecule has 5 heteroatoms. The molecule has 2 rings (SSSR count). The third-order valence-electron chi connectivity index (χ3n) is 3.69. The molecule has 0 fully saturated rings. The summed E-state index contributed by atoms with van der Waals surface area (Å²) in [4.78, 5) is 12.0. The lowest BCUT2D eigenvalue weighted by Gasteiger charge is -2.21. The molecule has 5 nitrogen and oxygen atoms in total. The van der Waals surface area contributed by atoms with Crippen molar-refractivity contribution in [2.45, 2.75) is 38.0 Å². The van der Waals surface area contributed by atoms with Gasteiger partial charge in [0, 0.05) is 13.5 Å². The number of nitrogens with one attached hydrogen (secondary N) is 2. The van der Waals surface area contributed by atoms with Gasteiger partial charge in [-0.2, -0.15) is 0 Å². The zero-order chi connectivity index (χ0) is 14.5. The Morgan fingerprint density at radius 2 is 2.25 bits per heavy atom. The van der Waals surface area contributed by atoms with Crippen molar-refractivity contribution < 1.29 is 14.6 Å². The standard InChI is InChI=1S/C15H22N2O3/c1-3-11(9-20-2)16-15(19)17-14-12-7-5-4-6-10(12)8-13(14)18/h4-7,11,13-14,18H,3,8-9H2,1-2H3,(H2,16,17,19)/t11?,13-,14+/m0/s1. The van der Waals surface area contributed by atoms with Gasteiger partial charge in [0.15, 0.2) is 0 Å². The molecule has 2 amide bonds. The van der Waals surface area contributed by atoms with Crippen molar-refractivity contribution >= 4 is 6.03 Å². The minimum atomic E-state index is -0.569. The normalized spacial score (nSPS) is 22.1. The Hall–Kier alpha value is -1.59. The number of methoxy groups -OCH3 is 1. The molecule has 3 N–H and O–H groups in total. The smallest absolute Gasteiger partial charge is 0.315 e. The second-order valence-electron chi connectivity index (χ2n) is 5.13. The highest BCUT2D eigenvalue weighted by Gasteiger charge is 2.32. The Morgan fingerprint density at radius 3 is 2.95 bits per heavy atom. The summed E-state index contributed by atoms with van der Waals surface area (Å²) in [5.41, 5.74) is 2.09. The van der Waals surface area contributed by atoms with Gasteiger partial charge in [0.05, 0.1) is 24.8 Å². The van der Waals surface area contributed by atoms with Crippen molar-refractivity contribution in [1.29, 1.82) is 0 Å². The number of hydrogen-bond donors (Lipinski definition) is 3. The van der Waals surface area contributed by atoms with Crippen LogP contribution in [0.1, 0.15) is 30.5 Å². The van der Waals surface area contributed by atoms with Crippen LogP contribution in [0.4, 0.5) is 4.79 Å². The van der Waals surface area contributed by atoms with Gasteiger partial charge < -0.3 is 20.5 Å². The minimum absolute atomic E-state index is 0.0196. The Morgan fingerprint density at radius 1 is 1.50 bits per heavy atom. The van der Waals surface area contributed by atoms with Gasteiger partial charge >= 0.3 is 6.03 Å². The van der Waals surface area contributed by atoms with Crippen LogP contribution in [-0.2, 0) is 11.2 Å². The van der Waals surface area contributed by atoms with E-state index in [1.807, 2.05) is 31.2 Å². The maximum absolute atomic E-state index is 12.0. The van der Waals surface area contributed by atoms with E-state index in [2.05, 4.69) is 10.6 Å². The maximum Gasteiger partial charge on any atom is 0.315 e. The molecule has 1 aliphatic carbocycles. The number of aliphatic hydroxyl groups is 1. The molecule has 0 spiro atoms. The summed E-state index contributed by atoms with van der Waals surface area (Å²) in [6.07, 6.45) is 0.808. The molecule has 0 saturated heterocycles. The van der Waals surface area contributed by atoms with Crippen molar-refractivity contribution in [1.82, 2.24) is 10.6 Å². The van der Waals surface area contributed by atoms with Crippen molar-refractivity contribution in [2.24, 2.45) is 0 Å². The van der Waals surface area contributed by atoms with E-state index in [0.717, 1.165) is 17.5 Å². The molecule has 0 heterocycles. The molecule has 1 aliphatic rings. The number of rotatable bonds is 5. The number of aliphatic hydroxyl groups excluding tert-OH is 1. The van der Waals surface area contributed by atoms with Gasteiger partial charge in [0.2, 0.25) is 0 Å². The number of carbonyl (C=O) groups excluding carboxylic acids is 1. The first-order chi connectivity index (χ1) is 9.65. The number of amides is 2. The molecule has 110 valence electrons. The van der Waals surface area contributed by atoms with E-state index < -0.39 is 6.10 Å². The van der Waals surface area contributed by atoms with Crippen LogP contribution in [0, 0.1) is 0 Å². The Bertz CT molecular complexity index is 464. The zero-order valence-electron chi connectivity index (χ0n) is 11.9. The number of benzene rings is 1. The Labute approximate surface area is 119 Å². The summed E-state index contributed by atoms with van der Waals surface area (Å²) in [6.45, 7) is 2.47. The summed E-state index contributed by atoms with van der Waals surface area (Å²) in [6, 6.07) is 7.17. The monoisotopic (exact) mass is 278 g/mol. The highest BCUT2D eigenvalue weighted by Crippen LogP contribution is 2.30. The average Bonchev–Trinajstić information content (AvgIpc) is 2.75. The molecule has 1 aromatic rings. The molecule has 0 aliphatic heterocycles. The van der Waals surface area contributed by atoms with Crippen LogP contribution >= 0.6 is 0 Å². The van der Waals surface area contributed by atoms with Crippen LogP contribution in [0.5, 0.6) is 0 Å². The molecule has 0 bridgehead atoms. The highest BCUT2D eigenvalue weighted by molar-refractivity contribution is 5.75. The van der Waals surface area contributed by atoms with Crippen LogP contribution in [-0.4, -0.2) is 37.0 Å². The number of ether oxygens (including phenoxy) is 1. The van der Waals surface area contributed by atoms with Crippen molar-refractivity contribution in [3.05, 3.63) is 35.4 Å². The summed E-state index contributed by atoms with van der Waals surface area (Å²) < 4.78 is 5.05.